The Balaban J connectivity index is 1.55. The highest BCUT2D eigenvalue weighted by Gasteiger charge is 2.28. The van der Waals surface area contributed by atoms with Crippen molar-refractivity contribution in [3.63, 3.8) is 0 Å². The lowest BCUT2D eigenvalue weighted by Gasteiger charge is -2.34. The van der Waals surface area contributed by atoms with Crippen molar-refractivity contribution < 1.29 is 9.59 Å². The molecule has 7 nitrogen and oxygen atoms in total. The number of anilines is 2. The molecule has 3 rings (SSSR count). The molecular formula is C15H17N5O2S2. The normalized spacial score (nSPS) is 15.0. The minimum absolute atomic E-state index is 0.0661. The van der Waals surface area contributed by atoms with E-state index in [1.807, 2.05) is 31.2 Å². The van der Waals surface area contributed by atoms with E-state index in [9.17, 15) is 9.59 Å². The van der Waals surface area contributed by atoms with Crippen molar-refractivity contribution in [2.45, 2.75) is 11.3 Å². The lowest BCUT2D eigenvalue weighted by molar-refractivity contribution is -0.134. The molecule has 2 N–H and O–H groups in total. The fourth-order valence-electron chi connectivity index (χ4n) is 2.38. The fourth-order valence-corrected chi connectivity index (χ4v) is 3.92. The molecule has 2 aromatic rings. The second-order valence-corrected chi connectivity index (χ2v) is 7.62. The van der Waals surface area contributed by atoms with Crippen LogP contribution in [0.25, 0.3) is 0 Å². The van der Waals surface area contributed by atoms with Crippen LogP contribution in [-0.4, -0.2) is 52.3 Å². The van der Waals surface area contributed by atoms with Gasteiger partial charge in [-0.15, -0.1) is 10.2 Å². The summed E-state index contributed by atoms with van der Waals surface area (Å²) in [6.45, 7) is 3.14. The number of nitrogen functional groups attached to an aromatic ring is 1. The Bertz CT molecular complexity index is 747. The summed E-state index contributed by atoms with van der Waals surface area (Å²) >= 11 is 2.54. The van der Waals surface area contributed by atoms with Gasteiger partial charge < -0.3 is 15.5 Å². The SMILES string of the molecule is Cc1ccc(N2CCN(C(=O)CSc3nnc(N)s3)CC2=O)cc1. The van der Waals surface area contributed by atoms with E-state index in [4.69, 9.17) is 5.73 Å². The zero-order valence-corrected chi connectivity index (χ0v) is 14.8. The van der Waals surface area contributed by atoms with E-state index in [0.29, 0.717) is 22.6 Å². The number of amides is 2. The number of piperazine rings is 1. The third-order valence-electron chi connectivity index (χ3n) is 3.66. The molecule has 2 heterocycles. The predicted octanol–water partition coefficient (Wildman–Crippen LogP) is 1.40. The van der Waals surface area contributed by atoms with E-state index in [0.717, 1.165) is 11.3 Å². The number of nitrogens with two attached hydrogens (primary N) is 1. The minimum Gasteiger partial charge on any atom is -0.374 e. The van der Waals surface area contributed by atoms with Gasteiger partial charge in [0, 0.05) is 18.8 Å². The number of hydrogen-bond donors (Lipinski definition) is 1. The maximum Gasteiger partial charge on any atom is 0.246 e. The molecule has 0 aliphatic carbocycles. The highest BCUT2D eigenvalue weighted by molar-refractivity contribution is 8.01. The summed E-state index contributed by atoms with van der Waals surface area (Å²) in [6.07, 6.45) is 0. The van der Waals surface area contributed by atoms with Crippen molar-refractivity contribution >= 4 is 45.7 Å². The molecule has 9 heteroatoms. The van der Waals surface area contributed by atoms with E-state index in [1.54, 1.807) is 9.80 Å². The summed E-state index contributed by atoms with van der Waals surface area (Å²) in [5.41, 5.74) is 7.53. The van der Waals surface area contributed by atoms with E-state index in [1.165, 1.54) is 23.1 Å². The molecular weight excluding hydrogens is 346 g/mol. The third kappa shape index (κ3) is 3.85. The first kappa shape index (κ1) is 16.7. The first-order valence-corrected chi connectivity index (χ1v) is 9.20. The Hall–Kier alpha value is -2.13. The Morgan fingerprint density at radius 2 is 2.04 bits per heavy atom. The summed E-state index contributed by atoms with van der Waals surface area (Å²) < 4.78 is 0.658. The summed E-state index contributed by atoms with van der Waals surface area (Å²) in [5.74, 6) is 0.0844. The van der Waals surface area contributed by atoms with Gasteiger partial charge in [0.1, 0.15) is 6.54 Å². The van der Waals surface area contributed by atoms with E-state index < -0.39 is 0 Å². The van der Waals surface area contributed by atoms with Gasteiger partial charge in [0.25, 0.3) is 0 Å². The molecule has 1 aliphatic rings. The van der Waals surface area contributed by atoms with E-state index in [-0.39, 0.29) is 24.1 Å². The van der Waals surface area contributed by atoms with Gasteiger partial charge in [0.2, 0.25) is 16.9 Å². The first-order chi connectivity index (χ1) is 11.5. The molecule has 24 heavy (non-hydrogen) atoms. The number of nitrogens with zero attached hydrogens (tertiary/aromatic N) is 4. The molecule has 0 saturated carbocycles. The molecule has 0 radical (unpaired) electrons. The van der Waals surface area contributed by atoms with Crippen LogP contribution in [0.2, 0.25) is 0 Å². The number of aryl methyl sites for hydroxylation is 1. The average Bonchev–Trinajstić information content (AvgIpc) is 2.99. The van der Waals surface area contributed by atoms with Gasteiger partial charge in [-0.2, -0.15) is 0 Å². The highest BCUT2D eigenvalue weighted by atomic mass is 32.2. The molecule has 126 valence electrons. The van der Waals surface area contributed by atoms with Gasteiger partial charge in [-0.05, 0) is 19.1 Å². The molecule has 0 bridgehead atoms. The summed E-state index contributed by atoms with van der Waals surface area (Å²) in [7, 11) is 0. The van der Waals surface area contributed by atoms with Crippen LogP contribution < -0.4 is 10.6 Å². The van der Waals surface area contributed by atoms with Crippen LogP contribution in [0.4, 0.5) is 10.8 Å². The minimum atomic E-state index is -0.0781. The van der Waals surface area contributed by atoms with Crippen LogP contribution in [-0.2, 0) is 9.59 Å². The highest BCUT2D eigenvalue weighted by Crippen LogP contribution is 2.24. The number of carbonyl (C=O) groups is 2. The fraction of sp³-hybridized carbons (Fsp3) is 0.333. The van der Waals surface area contributed by atoms with Crippen LogP contribution in [0.15, 0.2) is 28.6 Å². The number of hydrogen-bond acceptors (Lipinski definition) is 7. The topological polar surface area (TPSA) is 92.4 Å². The number of benzene rings is 1. The van der Waals surface area contributed by atoms with Gasteiger partial charge in [-0.25, -0.2) is 0 Å². The number of aromatic nitrogens is 2. The first-order valence-electron chi connectivity index (χ1n) is 7.39. The van der Waals surface area contributed by atoms with E-state index in [2.05, 4.69) is 10.2 Å². The van der Waals surface area contributed by atoms with Crippen molar-refractivity contribution in [1.82, 2.24) is 15.1 Å². The molecule has 1 aromatic carbocycles. The molecule has 1 aliphatic heterocycles. The zero-order chi connectivity index (χ0) is 17.1. The summed E-state index contributed by atoms with van der Waals surface area (Å²) in [6, 6.07) is 7.82. The van der Waals surface area contributed by atoms with Gasteiger partial charge >= 0.3 is 0 Å². The smallest absolute Gasteiger partial charge is 0.246 e. The number of thioether (sulfide) groups is 1. The van der Waals surface area contributed by atoms with Crippen molar-refractivity contribution in [3.05, 3.63) is 29.8 Å². The summed E-state index contributed by atoms with van der Waals surface area (Å²) in [4.78, 5) is 27.9. The van der Waals surface area contributed by atoms with Crippen molar-refractivity contribution in [2.24, 2.45) is 0 Å². The van der Waals surface area contributed by atoms with Crippen LogP contribution in [0.5, 0.6) is 0 Å². The van der Waals surface area contributed by atoms with Crippen molar-refractivity contribution in [2.75, 3.05) is 36.0 Å². The standard InChI is InChI=1S/C15H17N5O2S2/c1-10-2-4-11(5-3-10)20-7-6-19(8-12(20)21)13(22)9-23-15-18-17-14(16)24-15/h2-5H,6-9H2,1H3,(H2,16,17). The van der Waals surface area contributed by atoms with Gasteiger partial charge in [-0.1, -0.05) is 40.8 Å². The van der Waals surface area contributed by atoms with Gasteiger partial charge in [-0.3, -0.25) is 9.59 Å². The molecule has 1 aromatic heterocycles. The molecule has 0 spiro atoms. The number of carbonyl (C=O) groups excluding carboxylic acids is 2. The maximum atomic E-state index is 12.4. The zero-order valence-electron chi connectivity index (χ0n) is 13.1. The lowest BCUT2D eigenvalue weighted by Crippen LogP contribution is -2.52. The average molecular weight is 363 g/mol. The van der Waals surface area contributed by atoms with E-state index >= 15 is 0 Å². The maximum absolute atomic E-state index is 12.4. The molecule has 0 unspecified atom stereocenters. The molecule has 0 atom stereocenters. The predicted molar refractivity (Wildman–Crippen MR) is 95.2 cm³/mol. The summed E-state index contributed by atoms with van der Waals surface area (Å²) in [5, 5.41) is 7.96. The van der Waals surface area contributed by atoms with Crippen LogP contribution in [0.1, 0.15) is 5.56 Å². The molecule has 1 saturated heterocycles. The third-order valence-corrected chi connectivity index (χ3v) is 5.53. The van der Waals surface area contributed by atoms with Gasteiger partial charge in [0.15, 0.2) is 4.34 Å². The second kappa shape index (κ2) is 7.18. The second-order valence-electron chi connectivity index (χ2n) is 5.39. The monoisotopic (exact) mass is 363 g/mol. The lowest BCUT2D eigenvalue weighted by atomic mass is 10.2. The Kier molecular flexibility index (Phi) is 5.00. The van der Waals surface area contributed by atoms with Crippen LogP contribution >= 0.6 is 23.1 Å². The number of rotatable bonds is 4. The Morgan fingerprint density at radius 1 is 1.29 bits per heavy atom. The molecule has 2 amide bonds. The van der Waals surface area contributed by atoms with Crippen LogP contribution in [0.3, 0.4) is 0 Å². The Labute approximate surface area is 147 Å². The quantitative estimate of drug-likeness (QED) is 0.826. The van der Waals surface area contributed by atoms with Crippen molar-refractivity contribution in [1.29, 1.82) is 0 Å². The van der Waals surface area contributed by atoms with Crippen molar-refractivity contribution in [3.8, 4) is 0 Å². The van der Waals surface area contributed by atoms with Crippen LogP contribution in [0, 0.1) is 6.92 Å². The Morgan fingerprint density at radius 3 is 2.67 bits per heavy atom. The largest absolute Gasteiger partial charge is 0.374 e. The van der Waals surface area contributed by atoms with Gasteiger partial charge in [0.05, 0.1) is 5.75 Å². The molecule has 1 fully saturated rings.